The van der Waals surface area contributed by atoms with Crippen molar-refractivity contribution >= 4 is 27.4 Å². The van der Waals surface area contributed by atoms with Gasteiger partial charge in [-0.05, 0) is 42.5 Å². The Kier molecular flexibility index (Phi) is 4.24. The molecular weight excluding hydrogens is 412 g/mol. The highest BCUT2D eigenvalue weighted by molar-refractivity contribution is 9.10. The van der Waals surface area contributed by atoms with E-state index in [0.29, 0.717) is 0 Å². The van der Waals surface area contributed by atoms with Crippen LogP contribution in [0, 0.1) is 0 Å². The van der Waals surface area contributed by atoms with Gasteiger partial charge in [0, 0.05) is 35.3 Å². The summed E-state index contributed by atoms with van der Waals surface area (Å²) in [5.74, 6) is 0.111. The monoisotopic (exact) mass is 432 g/mol. The molecule has 0 aliphatic carbocycles. The summed E-state index contributed by atoms with van der Waals surface area (Å²) < 4.78 is 5.62. The predicted octanol–water partition coefficient (Wildman–Crippen LogP) is 6.38. The largest absolute Gasteiger partial charge is 0.325 e. The van der Waals surface area contributed by atoms with E-state index in [1.165, 1.54) is 22.5 Å². The average Bonchev–Trinajstić information content (AvgIpc) is 3.12. The topological polar surface area (TPSA) is 26.4 Å². The van der Waals surface area contributed by atoms with Crippen LogP contribution < -0.4 is 0 Å². The third-order valence-corrected chi connectivity index (χ3v) is 6.20. The van der Waals surface area contributed by atoms with E-state index in [2.05, 4.69) is 67.5 Å². The summed E-state index contributed by atoms with van der Waals surface area (Å²) in [4.78, 5) is 12.8. The van der Waals surface area contributed by atoms with Crippen molar-refractivity contribution in [1.29, 1.82) is 0 Å². The number of carbonyl (C=O) groups excluding carboxylic acids is 1. The summed E-state index contributed by atoms with van der Waals surface area (Å²) in [6.07, 6.45) is 5.44. The zero-order valence-electron chi connectivity index (χ0n) is 15.8. The molecule has 0 N–H and O–H groups in total. The van der Waals surface area contributed by atoms with Gasteiger partial charge in [0.15, 0.2) is 5.78 Å². The maximum absolute atomic E-state index is 12.8. The van der Waals surface area contributed by atoms with E-state index in [1.807, 2.05) is 18.2 Å². The number of rotatable bonds is 3. The molecule has 0 fully saturated rings. The molecule has 0 spiro atoms. The Morgan fingerprint density at radius 2 is 1.71 bits per heavy atom. The zero-order chi connectivity index (χ0) is 19.3. The van der Waals surface area contributed by atoms with Crippen LogP contribution in [0.5, 0.6) is 0 Å². The molecule has 28 heavy (non-hydrogen) atoms. The van der Waals surface area contributed by atoms with Crippen molar-refractivity contribution in [2.24, 2.45) is 0 Å². The Labute approximate surface area is 172 Å². The second kappa shape index (κ2) is 6.78. The summed E-state index contributed by atoms with van der Waals surface area (Å²) in [7, 11) is 0. The van der Waals surface area contributed by atoms with Crippen molar-refractivity contribution in [2.45, 2.75) is 32.7 Å². The highest BCUT2D eigenvalue weighted by Gasteiger charge is 2.27. The first-order valence-electron chi connectivity index (χ1n) is 9.74. The fourth-order valence-electron chi connectivity index (χ4n) is 4.50. The van der Waals surface area contributed by atoms with Crippen LogP contribution in [0.4, 0.5) is 0 Å². The fraction of sp³-hybridized carbons (Fsp3) is 0.208. The molecule has 0 unspecified atom stereocenters. The number of carbonyl (C=O) groups is 1. The molecule has 3 nitrogen and oxygen atoms in total. The average molecular weight is 433 g/mol. The number of hydrogen-bond donors (Lipinski definition) is 0. The number of benzene rings is 2. The van der Waals surface area contributed by atoms with Gasteiger partial charge in [-0.25, -0.2) is 0 Å². The quantitative estimate of drug-likeness (QED) is 0.345. The van der Waals surface area contributed by atoms with Crippen molar-refractivity contribution < 1.29 is 4.79 Å². The standard InChI is InChI=1S/C24H21BrN2O/c1-16(28)23-22(18-7-3-2-4-8-18)20-9-5-6-14-26-21(15-27(23)24(20)26)17-10-12-19(25)13-11-17/h2-4,7-8,10-13,15H,5-6,9,14H2,1H3. The highest BCUT2D eigenvalue weighted by atomic mass is 79.9. The fourth-order valence-corrected chi connectivity index (χ4v) is 4.76. The lowest BCUT2D eigenvalue weighted by Gasteiger charge is -2.09. The molecule has 1 aliphatic heterocycles. The highest BCUT2D eigenvalue weighted by Crippen LogP contribution is 2.39. The summed E-state index contributed by atoms with van der Waals surface area (Å²) in [5, 5.41) is 0. The van der Waals surface area contributed by atoms with Crippen LogP contribution in [-0.4, -0.2) is 14.8 Å². The molecule has 0 atom stereocenters. The first-order chi connectivity index (χ1) is 13.6. The maximum Gasteiger partial charge on any atom is 0.177 e. The Hall–Kier alpha value is -2.59. The molecule has 2 aromatic carbocycles. The van der Waals surface area contributed by atoms with Crippen LogP contribution in [0.25, 0.3) is 28.0 Å². The Morgan fingerprint density at radius 3 is 2.43 bits per heavy atom. The van der Waals surface area contributed by atoms with Gasteiger partial charge in [-0.2, -0.15) is 0 Å². The van der Waals surface area contributed by atoms with Gasteiger partial charge in [0.1, 0.15) is 5.65 Å². The molecule has 1 aliphatic rings. The maximum atomic E-state index is 12.8. The van der Waals surface area contributed by atoms with Gasteiger partial charge in [0.25, 0.3) is 0 Å². The Balaban J connectivity index is 1.86. The Morgan fingerprint density at radius 1 is 0.964 bits per heavy atom. The van der Waals surface area contributed by atoms with E-state index in [0.717, 1.165) is 47.1 Å². The number of Topliss-reactive ketones (excluding diaryl/α,β-unsaturated/α-hetero) is 1. The molecule has 5 rings (SSSR count). The van der Waals surface area contributed by atoms with Crippen LogP contribution in [-0.2, 0) is 13.0 Å². The number of hydrogen-bond acceptors (Lipinski definition) is 1. The summed E-state index contributed by atoms with van der Waals surface area (Å²) in [6, 6.07) is 18.8. The molecule has 0 saturated heterocycles. The minimum absolute atomic E-state index is 0.111. The summed E-state index contributed by atoms with van der Waals surface area (Å²) in [5.41, 5.74) is 7.88. The summed E-state index contributed by atoms with van der Waals surface area (Å²) >= 11 is 3.53. The van der Waals surface area contributed by atoms with Crippen molar-refractivity contribution in [3.63, 3.8) is 0 Å². The number of nitrogens with zero attached hydrogens (tertiary/aromatic N) is 2. The summed E-state index contributed by atoms with van der Waals surface area (Å²) in [6.45, 7) is 2.66. The first kappa shape index (κ1) is 17.5. The van der Waals surface area contributed by atoms with Gasteiger partial charge >= 0.3 is 0 Å². The van der Waals surface area contributed by atoms with Crippen LogP contribution in [0.2, 0.25) is 0 Å². The third-order valence-electron chi connectivity index (χ3n) is 5.67. The van der Waals surface area contributed by atoms with E-state index in [-0.39, 0.29) is 5.78 Å². The molecule has 4 aromatic rings. The van der Waals surface area contributed by atoms with Gasteiger partial charge in [0.2, 0.25) is 0 Å². The van der Waals surface area contributed by atoms with Gasteiger partial charge in [-0.15, -0.1) is 0 Å². The van der Waals surface area contributed by atoms with E-state index < -0.39 is 0 Å². The van der Waals surface area contributed by atoms with Crippen molar-refractivity contribution in [3.8, 4) is 22.4 Å². The van der Waals surface area contributed by atoms with E-state index in [9.17, 15) is 4.79 Å². The predicted molar refractivity (Wildman–Crippen MR) is 117 cm³/mol. The van der Waals surface area contributed by atoms with Crippen molar-refractivity contribution in [1.82, 2.24) is 8.97 Å². The Bertz CT molecular complexity index is 1180. The normalized spacial score (nSPS) is 13.6. The van der Waals surface area contributed by atoms with Gasteiger partial charge < -0.3 is 4.57 Å². The molecular formula is C24H21BrN2O. The van der Waals surface area contributed by atoms with Crippen molar-refractivity contribution in [2.75, 3.05) is 0 Å². The number of imidazole rings is 1. The van der Waals surface area contributed by atoms with E-state index in [4.69, 9.17) is 0 Å². The molecule has 2 aromatic heterocycles. The SMILES string of the molecule is CC(=O)c1c(-c2ccccc2)c2c3n(c(-c4ccc(Br)cc4)cn13)CCCC2. The number of aryl methyl sites for hydroxylation is 2. The van der Waals surface area contributed by atoms with Gasteiger partial charge in [0.05, 0.1) is 11.4 Å². The molecule has 0 bridgehead atoms. The molecule has 0 amide bonds. The molecule has 3 heterocycles. The smallest absolute Gasteiger partial charge is 0.177 e. The molecule has 4 heteroatoms. The molecule has 0 saturated carbocycles. The number of ketones is 1. The second-order valence-electron chi connectivity index (χ2n) is 7.45. The lowest BCUT2D eigenvalue weighted by Crippen LogP contribution is -2.00. The minimum Gasteiger partial charge on any atom is -0.325 e. The van der Waals surface area contributed by atoms with E-state index in [1.54, 1.807) is 6.92 Å². The van der Waals surface area contributed by atoms with Crippen LogP contribution in [0.1, 0.15) is 35.8 Å². The first-order valence-corrected chi connectivity index (χ1v) is 10.5. The van der Waals surface area contributed by atoms with E-state index >= 15 is 0 Å². The number of aromatic nitrogens is 2. The van der Waals surface area contributed by atoms with Gasteiger partial charge in [-0.3, -0.25) is 9.20 Å². The minimum atomic E-state index is 0.111. The van der Waals surface area contributed by atoms with Crippen LogP contribution >= 0.6 is 15.9 Å². The van der Waals surface area contributed by atoms with Crippen LogP contribution in [0.15, 0.2) is 65.3 Å². The zero-order valence-corrected chi connectivity index (χ0v) is 17.4. The third kappa shape index (κ3) is 2.67. The molecule has 140 valence electrons. The van der Waals surface area contributed by atoms with Crippen LogP contribution in [0.3, 0.4) is 0 Å². The number of halogens is 1. The van der Waals surface area contributed by atoms with Crippen molar-refractivity contribution in [3.05, 3.63) is 76.5 Å². The lowest BCUT2D eigenvalue weighted by molar-refractivity contribution is 0.101. The lowest BCUT2D eigenvalue weighted by atomic mass is 9.97. The second-order valence-corrected chi connectivity index (χ2v) is 8.36. The molecule has 0 radical (unpaired) electrons. The van der Waals surface area contributed by atoms with Gasteiger partial charge in [-0.1, -0.05) is 58.4 Å².